The van der Waals surface area contributed by atoms with Gasteiger partial charge < -0.3 is 15.2 Å². The number of nitrogens with zero attached hydrogens (tertiary/aromatic N) is 2. The third kappa shape index (κ3) is 2.72. The van der Waals surface area contributed by atoms with Crippen molar-refractivity contribution >= 4 is 11.6 Å². The minimum atomic E-state index is -0.204. The molecule has 2 rings (SSSR count). The fourth-order valence-corrected chi connectivity index (χ4v) is 2.36. The predicted octanol–water partition coefficient (Wildman–Crippen LogP) is 0.832. The molecule has 5 heteroatoms. The molecule has 1 aliphatic heterocycles. The molecule has 0 saturated carbocycles. The number of anilines is 1. The lowest BCUT2D eigenvalue weighted by Crippen LogP contribution is -2.43. The summed E-state index contributed by atoms with van der Waals surface area (Å²) in [5, 5.41) is 0. The van der Waals surface area contributed by atoms with Gasteiger partial charge in [0.1, 0.15) is 6.54 Å². The van der Waals surface area contributed by atoms with Crippen LogP contribution in [0.3, 0.4) is 0 Å². The highest BCUT2D eigenvalue weighted by atomic mass is 16.2. The van der Waals surface area contributed by atoms with Crippen molar-refractivity contribution in [2.24, 2.45) is 0 Å². The Morgan fingerprint density at radius 1 is 1.50 bits per heavy atom. The van der Waals surface area contributed by atoms with Crippen LogP contribution in [0.5, 0.6) is 0 Å². The Balaban J connectivity index is 2.06. The number of carbonyl (C=O) groups is 1. The van der Waals surface area contributed by atoms with Gasteiger partial charge in [-0.2, -0.15) is 0 Å². The van der Waals surface area contributed by atoms with Crippen LogP contribution >= 0.6 is 0 Å². The monoisotopic (exact) mass is 249 g/mol. The second-order valence-electron chi connectivity index (χ2n) is 4.87. The van der Waals surface area contributed by atoms with Gasteiger partial charge in [-0.3, -0.25) is 9.59 Å². The molecular formula is C13H19N3O2. The van der Waals surface area contributed by atoms with Crippen LogP contribution < -0.4 is 11.2 Å². The van der Waals surface area contributed by atoms with E-state index in [4.69, 9.17) is 5.73 Å². The predicted molar refractivity (Wildman–Crippen MR) is 70.1 cm³/mol. The van der Waals surface area contributed by atoms with E-state index in [0.29, 0.717) is 6.04 Å². The molecule has 1 aromatic rings. The molecule has 0 aliphatic carbocycles. The van der Waals surface area contributed by atoms with Gasteiger partial charge in [-0.15, -0.1) is 0 Å². The molecular weight excluding hydrogens is 230 g/mol. The van der Waals surface area contributed by atoms with E-state index in [0.717, 1.165) is 19.4 Å². The molecule has 2 heterocycles. The number of carbonyl (C=O) groups excluding carboxylic acids is 1. The Bertz CT molecular complexity index is 495. The van der Waals surface area contributed by atoms with Crippen molar-refractivity contribution in [1.82, 2.24) is 9.47 Å². The Morgan fingerprint density at radius 2 is 2.28 bits per heavy atom. The van der Waals surface area contributed by atoms with E-state index in [9.17, 15) is 9.59 Å². The molecule has 0 aromatic carbocycles. The van der Waals surface area contributed by atoms with Crippen molar-refractivity contribution in [2.45, 2.75) is 38.8 Å². The maximum absolute atomic E-state index is 12.2. The van der Waals surface area contributed by atoms with Gasteiger partial charge in [-0.05, 0) is 26.2 Å². The molecule has 18 heavy (non-hydrogen) atoms. The van der Waals surface area contributed by atoms with Gasteiger partial charge >= 0.3 is 0 Å². The van der Waals surface area contributed by atoms with E-state index in [1.165, 1.54) is 18.7 Å². The number of aromatic nitrogens is 1. The lowest BCUT2D eigenvalue weighted by molar-refractivity contribution is -0.135. The number of amides is 1. The number of likely N-dealkylation sites (tertiary alicyclic amines) is 1. The molecule has 5 nitrogen and oxygen atoms in total. The number of nitrogens with two attached hydrogens (primary N) is 1. The second-order valence-corrected chi connectivity index (χ2v) is 4.87. The van der Waals surface area contributed by atoms with Crippen molar-refractivity contribution in [1.29, 1.82) is 0 Å². The summed E-state index contributed by atoms with van der Waals surface area (Å²) in [5.41, 5.74) is 5.52. The average Bonchev–Trinajstić information content (AvgIpc) is 2.34. The molecule has 0 radical (unpaired) electrons. The number of rotatable bonds is 2. The van der Waals surface area contributed by atoms with E-state index in [2.05, 4.69) is 6.92 Å². The van der Waals surface area contributed by atoms with Crippen LogP contribution in [0.1, 0.15) is 26.2 Å². The molecule has 0 unspecified atom stereocenters. The fraction of sp³-hybridized carbons (Fsp3) is 0.538. The summed E-state index contributed by atoms with van der Waals surface area (Å²) >= 11 is 0. The van der Waals surface area contributed by atoms with Crippen molar-refractivity contribution in [3.63, 3.8) is 0 Å². The summed E-state index contributed by atoms with van der Waals surface area (Å²) in [4.78, 5) is 25.3. The summed E-state index contributed by atoms with van der Waals surface area (Å²) in [6, 6.07) is 1.70. The topological polar surface area (TPSA) is 68.3 Å². The third-order valence-electron chi connectivity index (χ3n) is 3.45. The minimum absolute atomic E-state index is 0.0882. The van der Waals surface area contributed by atoms with Crippen molar-refractivity contribution in [3.05, 3.63) is 28.7 Å². The van der Waals surface area contributed by atoms with E-state index in [-0.39, 0.29) is 23.6 Å². The highest BCUT2D eigenvalue weighted by molar-refractivity contribution is 5.76. The molecule has 1 saturated heterocycles. The van der Waals surface area contributed by atoms with Crippen molar-refractivity contribution < 1.29 is 4.79 Å². The number of pyridine rings is 1. The largest absolute Gasteiger partial charge is 0.394 e. The van der Waals surface area contributed by atoms with Crippen LogP contribution in [0.15, 0.2) is 23.3 Å². The molecule has 0 spiro atoms. The molecule has 98 valence electrons. The smallest absolute Gasteiger partial charge is 0.242 e. The van der Waals surface area contributed by atoms with Gasteiger partial charge in [-0.1, -0.05) is 0 Å². The van der Waals surface area contributed by atoms with Crippen LogP contribution in [0, 0.1) is 0 Å². The quantitative estimate of drug-likeness (QED) is 0.844. The second kappa shape index (κ2) is 5.25. The van der Waals surface area contributed by atoms with Gasteiger partial charge in [0.2, 0.25) is 11.3 Å². The summed E-state index contributed by atoms with van der Waals surface area (Å²) in [6.07, 6.45) is 6.45. The lowest BCUT2D eigenvalue weighted by Gasteiger charge is -2.33. The molecule has 1 aromatic heterocycles. The first-order valence-electron chi connectivity index (χ1n) is 6.33. The van der Waals surface area contributed by atoms with Crippen LogP contribution in [0.2, 0.25) is 0 Å². The maximum atomic E-state index is 12.2. The van der Waals surface area contributed by atoms with Crippen LogP contribution in [0.25, 0.3) is 0 Å². The number of nitrogen functional groups attached to an aromatic ring is 1. The van der Waals surface area contributed by atoms with Gasteiger partial charge in [0.15, 0.2) is 0 Å². The van der Waals surface area contributed by atoms with Gasteiger partial charge in [0.25, 0.3) is 0 Å². The van der Waals surface area contributed by atoms with Gasteiger partial charge in [0, 0.05) is 31.0 Å². The first-order valence-corrected chi connectivity index (χ1v) is 6.33. The molecule has 0 bridgehead atoms. The average molecular weight is 249 g/mol. The van der Waals surface area contributed by atoms with E-state index in [1.807, 2.05) is 4.90 Å². The zero-order valence-corrected chi connectivity index (χ0v) is 10.6. The summed E-state index contributed by atoms with van der Waals surface area (Å²) in [6.45, 7) is 3.15. The molecule has 1 amide bonds. The zero-order valence-electron chi connectivity index (χ0n) is 10.6. The standard InChI is InChI=1S/C13H19N3O2/c1-10-4-2-3-6-16(10)13(18)9-15-7-5-12(17)11(14)8-15/h5,7-8,10H,2-4,6,9,14H2,1H3/t10-/m0/s1. The third-order valence-corrected chi connectivity index (χ3v) is 3.45. The summed E-state index contributed by atoms with van der Waals surface area (Å²) < 4.78 is 1.67. The van der Waals surface area contributed by atoms with E-state index in [1.54, 1.807) is 10.8 Å². The van der Waals surface area contributed by atoms with E-state index >= 15 is 0 Å². The molecule has 1 fully saturated rings. The van der Waals surface area contributed by atoms with Crippen molar-refractivity contribution in [3.8, 4) is 0 Å². The SMILES string of the molecule is C[C@H]1CCCCN1C(=O)Cn1ccc(=O)c(N)c1. The first-order chi connectivity index (χ1) is 8.58. The van der Waals surface area contributed by atoms with Crippen molar-refractivity contribution in [2.75, 3.05) is 12.3 Å². The van der Waals surface area contributed by atoms with Gasteiger partial charge in [0.05, 0.1) is 5.69 Å². The lowest BCUT2D eigenvalue weighted by atomic mass is 10.0. The van der Waals surface area contributed by atoms with Crippen LogP contribution in [-0.4, -0.2) is 28.0 Å². The number of piperidine rings is 1. The summed E-state index contributed by atoms with van der Waals surface area (Å²) in [7, 11) is 0. The highest BCUT2D eigenvalue weighted by Gasteiger charge is 2.22. The Morgan fingerprint density at radius 3 is 2.94 bits per heavy atom. The van der Waals surface area contributed by atoms with Gasteiger partial charge in [-0.25, -0.2) is 0 Å². The first kappa shape index (κ1) is 12.7. The highest BCUT2D eigenvalue weighted by Crippen LogP contribution is 2.16. The normalized spacial score (nSPS) is 19.8. The van der Waals surface area contributed by atoms with E-state index < -0.39 is 0 Å². The van der Waals surface area contributed by atoms with Crippen LogP contribution in [-0.2, 0) is 11.3 Å². The Kier molecular flexibility index (Phi) is 3.69. The molecule has 1 aliphatic rings. The summed E-state index contributed by atoms with van der Waals surface area (Å²) in [5.74, 6) is 0.0882. The fourth-order valence-electron chi connectivity index (χ4n) is 2.36. The Labute approximate surface area is 106 Å². The minimum Gasteiger partial charge on any atom is -0.394 e. The maximum Gasteiger partial charge on any atom is 0.242 e. The number of hydrogen-bond donors (Lipinski definition) is 1. The zero-order chi connectivity index (χ0) is 13.1. The van der Waals surface area contributed by atoms with Crippen LogP contribution in [0.4, 0.5) is 5.69 Å². The number of hydrogen-bond acceptors (Lipinski definition) is 3. The Hall–Kier alpha value is -1.78. The molecule has 1 atom stereocenters. The molecule has 2 N–H and O–H groups in total.